The van der Waals surface area contributed by atoms with E-state index in [0.29, 0.717) is 0 Å². The highest BCUT2D eigenvalue weighted by Gasteiger charge is 2.10. The van der Waals surface area contributed by atoms with E-state index in [1.807, 2.05) is 37.3 Å². The van der Waals surface area contributed by atoms with Gasteiger partial charge in [-0.15, -0.1) is 0 Å². The third kappa shape index (κ3) is 2.31. The first-order valence-electron chi connectivity index (χ1n) is 5.36. The van der Waals surface area contributed by atoms with Gasteiger partial charge in [-0.1, -0.05) is 6.07 Å². The van der Waals surface area contributed by atoms with Gasteiger partial charge < -0.3 is 9.84 Å². The molecule has 2 aromatic rings. The molecule has 0 aliphatic heterocycles. The van der Waals surface area contributed by atoms with Crippen LogP contribution in [0, 0.1) is 0 Å². The predicted molar refractivity (Wildman–Crippen MR) is 63.5 cm³/mol. The number of hydrogen-bond donors (Lipinski definition) is 1. The van der Waals surface area contributed by atoms with Gasteiger partial charge in [0.15, 0.2) is 0 Å². The van der Waals surface area contributed by atoms with E-state index >= 15 is 0 Å². The smallest absolute Gasteiger partial charge is 0.122 e. The highest BCUT2D eigenvalue weighted by molar-refractivity contribution is 5.79. The second-order valence-corrected chi connectivity index (χ2v) is 3.92. The van der Waals surface area contributed by atoms with E-state index in [4.69, 9.17) is 4.74 Å². The van der Waals surface area contributed by atoms with Crippen LogP contribution in [0.15, 0.2) is 36.5 Å². The van der Waals surface area contributed by atoms with Gasteiger partial charge in [-0.3, -0.25) is 4.98 Å². The quantitative estimate of drug-likeness (QED) is 0.858. The lowest BCUT2D eigenvalue weighted by Gasteiger charge is -2.17. The van der Waals surface area contributed by atoms with E-state index in [1.54, 1.807) is 13.1 Å². The fourth-order valence-electron chi connectivity index (χ4n) is 1.43. The molecule has 16 heavy (non-hydrogen) atoms. The van der Waals surface area contributed by atoms with E-state index in [0.717, 1.165) is 16.7 Å². The molecule has 3 nitrogen and oxygen atoms in total. The van der Waals surface area contributed by atoms with Gasteiger partial charge in [0.2, 0.25) is 0 Å². The lowest BCUT2D eigenvalue weighted by molar-refractivity contribution is 0.0605. The van der Waals surface area contributed by atoms with Crippen molar-refractivity contribution >= 4 is 10.9 Å². The molecular weight excluding hydrogens is 202 g/mol. The summed E-state index contributed by atoms with van der Waals surface area (Å²) in [5.41, 5.74) is 0.901. The van der Waals surface area contributed by atoms with Crippen LogP contribution in [0.25, 0.3) is 10.9 Å². The maximum Gasteiger partial charge on any atom is 0.122 e. The summed E-state index contributed by atoms with van der Waals surface area (Å²) in [6, 6.07) is 9.65. The number of aliphatic hydroxyl groups is 1. The summed E-state index contributed by atoms with van der Waals surface area (Å²) in [5, 5.41) is 10.4. The SMILES string of the molecule is CC(O)C(C)Oc1ccc2cccnc2c1. The van der Waals surface area contributed by atoms with Crippen molar-refractivity contribution in [1.29, 1.82) is 0 Å². The first-order valence-corrected chi connectivity index (χ1v) is 5.36. The minimum Gasteiger partial charge on any atom is -0.488 e. The number of nitrogens with zero attached hydrogens (tertiary/aromatic N) is 1. The van der Waals surface area contributed by atoms with Gasteiger partial charge in [0.1, 0.15) is 11.9 Å². The van der Waals surface area contributed by atoms with Crippen molar-refractivity contribution in [3.63, 3.8) is 0 Å². The zero-order valence-electron chi connectivity index (χ0n) is 9.42. The Morgan fingerprint density at radius 1 is 1.25 bits per heavy atom. The van der Waals surface area contributed by atoms with Crippen LogP contribution in [0.1, 0.15) is 13.8 Å². The normalized spacial score (nSPS) is 14.7. The third-order valence-corrected chi connectivity index (χ3v) is 2.58. The van der Waals surface area contributed by atoms with Crippen molar-refractivity contribution in [2.24, 2.45) is 0 Å². The van der Waals surface area contributed by atoms with Crippen molar-refractivity contribution in [2.45, 2.75) is 26.1 Å². The number of aliphatic hydroxyl groups excluding tert-OH is 1. The summed E-state index contributed by atoms with van der Waals surface area (Å²) >= 11 is 0. The number of rotatable bonds is 3. The number of benzene rings is 1. The van der Waals surface area contributed by atoms with Crippen LogP contribution < -0.4 is 4.74 Å². The second-order valence-electron chi connectivity index (χ2n) is 3.92. The molecule has 2 atom stereocenters. The lowest BCUT2D eigenvalue weighted by Crippen LogP contribution is -2.25. The minimum atomic E-state index is -0.487. The molecule has 84 valence electrons. The average Bonchev–Trinajstić information content (AvgIpc) is 2.28. The Labute approximate surface area is 94.7 Å². The maximum absolute atomic E-state index is 9.35. The Kier molecular flexibility index (Phi) is 3.06. The Hall–Kier alpha value is -1.61. The second kappa shape index (κ2) is 4.49. The third-order valence-electron chi connectivity index (χ3n) is 2.58. The summed E-state index contributed by atoms with van der Waals surface area (Å²) in [4.78, 5) is 4.25. The molecule has 2 rings (SSSR count). The van der Waals surface area contributed by atoms with Gasteiger partial charge in [0.05, 0.1) is 11.6 Å². The fourth-order valence-corrected chi connectivity index (χ4v) is 1.43. The number of pyridine rings is 1. The topological polar surface area (TPSA) is 42.4 Å². The van der Waals surface area contributed by atoms with Crippen LogP contribution in [0.4, 0.5) is 0 Å². The van der Waals surface area contributed by atoms with Crippen molar-refractivity contribution in [3.8, 4) is 5.75 Å². The molecule has 0 aliphatic rings. The molecule has 0 amide bonds. The van der Waals surface area contributed by atoms with Crippen molar-refractivity contribution in [3.05, 3.63) is 36.5 Å². The molecule has 0 radical (unpaired) electrons. The van der Waals surface area contributed by atoms with Crippen LogP contribution in [0.5, 0.6) is 5.75 Å². The zero-order chi connectivity index (χ0) is 11.5. The molecule has 1 aromatic carbocycles. The summed E-state index contributed by atoms with van der Waals surface area (Å²) in [6.45, 7) is 3.55. The van der Waals surface area contributed by atoms with Crippen LogP contribution in [0.2, 0.25) is 0 Å². The predicted octanol–water partition coefficient (Wildman–Crippen LogP) is 2.38. The monoisotopic (exact) mass is 217 g/mol. The number of aromatic nitrogens is 1. The highest BCUT2D eigenvalue weighted by Crippen LogP contribution is 2.20. The molecule has 0 bridgehead atoms. The van der Waals surface area contributed by atoms with Gasteiger partial charge in [-0.25, -0.2) is 0 Å². The average molecular weight is 217 g/mol. The van der Waals surface area contributed by atoms with Gasteiger partial charge in [0.25, 0.3) is 0 Å². The molecule has 0 aliphatic carbocycles. The minimum absolute atomic E-state index is 0.221. The Balaban J connectivity index is 2.26. The van der Waals surface area contributed by atoms with Crippen LogP contribution in [0.3, 0.4) is 0 Å². The summed E-state index contributed by atoms with van der Waals surface area (Å²) in [5.74, 6) is 0.736. The number of fused-ring (bicyclic) bond motifs is 1. The Bertz CT molecular complexity index is 482. The highest BCUT2D eigenvalue weighted by atomic mass is 16.5. The Morgan fingerprint density at radius 3 is 2.81 bits per heavy atom. The molecule has 3 heteroatoms. The summed E-state index contributed by atoms with van der Waals surface area (Å²) < 4.78 is 5.59. The van der Waals surface area contributed by atoms with Crippen LogP contribution in [-0.2, 0) is 0 Å². The van der Waals surface area contributed by atoms with Crippen molar-refractivity contribution in [2.75, 3.05) is 0 Å². The molecular formula is C13H15NO2. The molecule has 2 unspecified atom stereocenters. The van der Waals surface area contributed by atoms with Gasteiger partial charge in [0, 0.05) is 17.6 Å². The van der Waals surface area contributed by atoms with E-state index in [9.17, 15) is 5.11 Å². The number of hydrogen-bond acceptors (Lipinski definition) is 3. The van der Waals surface area contributed by atoms with E-state index in [1.165, 1.54) is 0 Å². The molecule has 0 fully saturated rings. The summed E-state index contributed by atoms with van der Waals surface area (Å²) in [7, 11) is 0. The van der Waals surface area contributed by atoms with E-state index in [2.05, 4.69) is 4.98 Å². The standard InChI is InChI=1S/C13H15NO2/c1-9(15)10(2)16-12-6-5-11-4-3-7-14-13(11)8-12/h3-10,15H,1-2H3. The first kappa shape index (κ1) is 10.9. The lowest BCUT2D eigenvalue weighted by atomic mass is 10.2. The molecule has 1 heterocycles. The first-order chi connectivity index (χ1) is 7.66. The van der Waals surface area contributed by atoms with E-state index < -0.39 is 6.10 Å². The maximum atomic E-state index is 9.35. The van der Waals surface area contributed by atoms with Gasteiger partial charge in [-0.2, -0.15) is 0 Å². The molecule has 1 N–H and O–H groups in total. The molecule has 1 aromatic heterocycles. The largest absolute Gasteiger partial charge is 0.488 e. The Morgan fingerprint density at radius 2 is 2.06 bits per heavy atom. The fraction of sp³-hybridized carbons (Fsp3) is 0.308. The summed E-state index contributed by atoms with van der Waals surface area (Å²) in [6.07, 6.45) is 1.05. The molecule has 0 saturated carbocycles. The van der Waals surface area contributed by atoms with E-state index in [-0.39, 0.29) is 6.10 Å². The molecule has 0 saturated heterocycles. The van der Waals surface area contributed by atoms with Gasteiger partial charge in [-0.05, 0) is 32.0 Å². The van der Waals surface area contributed by atoms with Gasteiger partial charge >= 0.3 is 0 Å². The number of ether oxygens (including phenoxy) is 1. The van der Waals surface area contributed by atoms with Crippen molar-refractivity contribution in [1.82, 2.24) is 4.98 Å². The van der Waals surface area contributed by atoms with Crippen LogP contribution in [-0.4, -0.2) is 22.3 Å². The molecule has 0 spiro atoms. The van der Waals surface area contributed by atoms with Crippen LogP contribution >= 0.6 is 0 Å². The van der Waals surface area contributed by atoms with Crippen molar-refractivity contribution < 1.29 is 9.84 Å². The zero-order valence-corrected chi connectivity index (χ0v) is 9.42.